The zero-order chi connectivity index (χ0) is 11.8. The highest BCUT2D eigenvalue weighted by atomic mass is 32.1. The third kappa shape index (κ3) is 2.22. The Morgan fingerprint density at radius 2 is 2.19 bits per heavy atom. The van der Waals surface area contributed by atoms with Crippen molar-refractivity contribution >= 4 is 27.5 Å². The molecule has 0 aliphatic heterocycles. The van der Waals surface area contributed by atoms with Gasteiger partial charge in [0.05, 0.1) is 15.8 Å². The molecule has 84 valence electrons. The molecule has 0 unspecified atom stereocenters. The monoisotopic (exact) mass is 235 g/mol. The summed E-state index contributed by atoms with van der Waals surface area (Å²) >= 11 is 1.50. The van der Waals surface area contributed by atoms with Crippen molar-refractivity contribution in [1.29, 1.82) is 0 Å². The Morgan fingerprint density at radius 3 is 2.88 bits per heavy atom. The molecule has 2 aromatic heterocycles. The number of carbonyl (C=O) groups is 1. The van der Waals surface area contributed by atoms with E-state index in [1.54, 1.807) is 11.6 Å². The number of aromatic nitrogens is 1. The predicted octanol–water partition coefficient (Wildman–Crippen LogP) is 3.25. The molecule has 0 radical (unpaired) electrons. The fraction of sp³-hybridized carbons (Fsp3) is 0.333. The maximum Gasteiger partial charge on any atom is 0.341 e. The van der Waals surface area contributed by atoms with E-state index in [1.807, 2.05) is 32.9 Å². The van der Waals surface area contributed by atoms with Crippen LogP contribution in [0.5, 0.6) is 0 Å². The number of hydrogen-bond acceptors (Lipinski definition) is 4. The first-order valence-corrected chi connectivity index (χ1v) is 5.91. The molecule has 4 heteroatoms. The van der Waals surface area contributed by atoms with Crippen LogP contribution in [0.3, 0.4) is 0 Å². The van der Waals surface area contributed by atoms with Gasteiger partial charge < -0.3 is 4.74 Å². The van der Waals surface area contributed by atoms with E-state index in [4.69, 9.17) is 4.74 Å². The van der Waals surface area contributed by atoms with Gasteiger partial charge in [0.25, 0.3) is 0 Å². The first kappa shape index (κ1) is 11.1. The average Bonchev–Trinajstić information content (AvgIpc) is 2.58. The van der Waals surface area contributed by atoms with Crippen LogP contribution in [0.15, 0.2) is 23.7 Å². The van der Waals surface area contributed by atoms with Crippen LogP contribution in [0.2, 0.25) is 0 Å². The summed E-state index contributed by atoms with van der Waals surface area (Å²) < 4.78 is 6.32. The molecule has 0 bridgehead atoms. The van der Waals surface area contributed by atoms with Gasteiger partial charge in [0.2, 0.25) is 0 Å². The molecular weight excluding hydrogens is 222 g/mol. The van der Waals surface area contributed by atoms with Crippen LogP contribution >= 0.6 is 11.3 Å². The molecule has 0 spiro atoms. The number of esters is 1. The summed E-state index contributed by atoms with van der Waals surface area (Å²) in [5, 5.41) is 1.80. The number of nitrogens with zero attached hydrogens (tertiary/aromatic N) is 1. The van der Waals surface area contributed by atoms with Crippen molar-refractivity contribution in [2.45, 2.75) is 26.4 Å². The first-order chi connectivity index (χ1) is 7.47. The second kappa shape index (κ2) is 3.87. The van der Waals surface area contributed by atoms with Crippen LogP contribution in [-0.2, 0) is 4.74 Å². The number of pyridine rings is 1. The lowest BCUT2D eigenvalue weighted by molar-refractivity contribution is 0.00721. The lowest BCUT2D eigenvalue weighted by Gasteiger charge is -2.18. The molecule has 16 heavy (non-hydrogen) atoms. The number of ether oxygens (including phenoxy) is 1. The molecule has 0 N–H and O–H groups in total. The highest BCUT2D eigenvalue weighted by Crippen LogP contribution is 2.25. The zero-order valence-corrected chi connectivity index (χ0v) is 10.3. The Balaban J connectivity index is 2.37. The van der Waals surface area contributed by atoms with E-state index in [1.165, 1.54) is 11.3 Å². The lowest BCUT2D eigenvalue weighted by atomic mass is 10.2. The summed E-state index contributed by atoms with van der Waals surface area (Å²) in [7, 11) is 0. The van der Waals surface area contributed by atoms with E-state index in [2.05, 4.69) is 4.98 Å². The molecule has 2 aromatic rings. The van der Waals surface area contributed by atoms with E-state index in [9.17, 15) is 4.79 Å². The van der Waals surface area contributed by atoms with E-state index >= 15 is 0 Å². The Morgan fingerprint density at radius 1 is 1.44 bits per heavy atom. The smallest absolute Gasteiger partial charge is 0.341 e. The summed E-state index contributed by atoms with van der Waals surface area (Å²) in [6.45, 7) is 5.56. The maximum absolute atomic E-state index is 11.9. The van der Waals surface area contributed by atoms with Gasteiger partial charge in [0.1, 0.15) is 5.60 Å². The highest BCUT2D eigenvalue weighted by molar-refractivity contribution is 7.17. The van der Waals surface area contributed by atoms with Crippen molar-refractivity contribution in [1.82, 2.24) is 4.98 Å². The molecule has 0 aliphatic rings. The van der Waals surface area contributed by atoms with Gasteiger partial charge in [0, 0.05) is 11.6 Å². The van der Waals surface area contributed by atoms with Crippen molar-refractivity contribution in [3.05, 3.63) is 29.3 Å². The molecule has 0 aromatic carbocycles. The SMILES string of the molecule is CC(C)(C)OC(=O)c1csc2cccnc12. The quantitative estimate of drug-likeness (QED) is 0.712. The fourth-order valence-electron chi connectivity index (χ4n) is 1.34. The topological polar surface area (TPSA) is 39.2 Å². The molecule has 0 saturated carbocycles. The van der Waals surface area contributed by atoms with E-state index < -0.39 is 5.60 Å². The minimum absolute atomic E-state index is 0.308. The van der Waals surface area contributed by atoms with Crippen molar-refractivity contribution in [2.24, 2.45) is 0 Å². The number of hydrogen-bond donors (Lipinski definition) is 0. The van der Waals surface area contributed by atoms with Crippen molar-refractivity contribution < 1.29 is 9.53 Å². The summed E-state index contributed by atoms with van der Waals surface area (Å²) in [6, 6.07) is 3.80. The molecule has 2 rings (SSSR count). The number of rotatable bonds is 1. The minimum atomic E-state index is -0.472. The third-order valence-electron chi connectivity index (χ3n) is 1.95. The maximum atomic E-state index is 11.9. The van der Waals surface area contributed by atoms with Crippen LogP contribution in [0.25, 0.3) is 10.2 Å². The number of thiophene rings is 1. The standard InChI is InChI=1S/C12H13NO2S/c1-12(2,3)15-11(14)8-7-16-9-5-4-6-13-10(8)9/h4-7H,1-3H3. The lowest BCUT2D eigenvalue weighted by Crippen LogP contribution is -2.23. The minimum Gasteiger partial charge on any atom is -0.456 e. The van der Waals surface area contributed by atoms with E-state index in [-0.39, 0.29) is 5.97 Å². The zero-order valence-electron chi connectivity index (χ0n) is 9.48. The molecule has 0 aliphatic carbocycles. The Hall–Kier alpha value is -1.42. The van der Waals surface area contributed by atoms with Crippen molar-refractivity contribution in [3.8, 4) is 0 Å². The molecular formula is C12H13NO2S. The summed E-state index contributed by atoms with van der Waals surface area (Å²) in [4.78, 5) is 16.1. The van der Waals surface area contributed by atoms with E-state index in [0.717, 1.165) is 10.2 Å². The van der Waals surface area contributed by atoms with Gasteiger partial charge in [-0.1, -0.05) is 0 Å². The summed E-state index contributed by atoms with van der Waals surface area (Å²) in [6.07, 6.45) is 1.68. The van der Waals surface area contributed by atoms with Crippen LogP contribution in [0, 0.1) is 0 Å². The number of fused-ring (bicyclic) bond motifs is 1. The van der Waals surface area contributed by atoms with Gasteiger partial charge in [-0.2, -0.15) is 0 Å². The summed E-state index contributed by atoms with van der Waals surface area (Å²) in [5.74, 6) is -0.308. The third-order valence-corrected chi connectivity index (χ3v) is 2.89. The van der Waals surface area contributed by atoms with Gasteiger partial charge in [0.15, 0.2) is 0 Å². The average molecular weight is 235 g/mol. The first-order valence-electron chi connectivity index (χ1n) is 5.03. The number of carbonyl (C=O) groups excluding carboxylic acids is 1. The molecule has 2 heterocycles. The van der Waals surface area contributed by atoms with Crippen LogP contribution in [0.4, 0.5) is 0 Å². The van der Waals surface area contributed by atoms with Crippen molar-refractivity contribution in [2.75, 3.05) is 0 Å². The van der Waals surface area contributed by atoms with Gasteiger partial charge in [-0.25, -0.2) is 4.79 Å². The van der Waals surface area contributed by atoms with Gasteiger partial charge in [-0.3, -0.25) is 4.98 Å². The predicted molar refractivity (Wildman–Crippen MR) is 64.8 cm³/mol. The molecule has 0 amide bonds. The second-order valence-corrected chi connectivity index (χ2v) is 5.41. The summed E-state index contributed by atoms with van der Waals surface area (Å²) in [5.41, 5.74) is 0.803. The van der Waals surface area contributed by atoms with Gasteiger partial charge >= 0.3 is 5.97 Å². The van der Waals surface area contributed by atoms with Gasteiger partial charge in [-0.05, 0) is 32.9 Å². The Kier molecular flexibility index (Phi) is 2.68. The molecule has 0 atom stereocenters. The largest absolute Gasteiger partial charge is 0.456 e. The van der Waals surface area contributed by atoms with Gasteiger partial charge in [-0.15, -0.1) is 11.3 Å². The fourth-order valence-corrected chi connectivity index (χ4v) is 2.23. The molecule has 3 nitrogen and oxygen atoms in total. The highest BCUT2D eigenvalue weighted by Gasteiger charge is 2.20. The second-order valence-electron chi connectivity index (χ2n) is 4.50. The van der Waals surface area contributed by atoms with Crippen LogP contribution in [0.1, 0.15) is 31.1 Å². The molecule has 0 fully saturated rings. The Labute approximate surface area is 98.1 Å². The van der Waals surface area contributed by atoms with Crippen molar-refractivity contribution in [3.63, 3.8) is 0 Å². The van der Waals surface area contributed by atoms with Crippen LogP contribution < -0.4 is 0 Å². The molecule has 0 saturated heterocycles. The van der Waals surface area contributed by atoms with Crippen LogP contribution in [-0.4, -0.2) is 16.6 Å². The van der Waals surface area contributed by atoms with E-state index in [0.29, 0.717) is 5.56 Å². The normalized spacial score (nSPS) is 11.7. The Bertz CT molecular complexity index is 525.